The molecule has 20 heteroatoms. The van der Waals surface area contributed by atoms with E-state index in [1.54, 1.807) is 70.1 Å². The minimum atomic E-state index is -1.80. The number of methoxy groups -OCH3 is 1. The Labute approximate surface area is 444 Å². The molecule has 19 nitrogen and oxygen atoms in total. The zero-order valence-corrected chi connectivity index (χ0v) is 46.6. The zero-order chi connectivity index (χ0) is 55.3. The van der Waals surface area contributed by atoms with Crippen LogP contribution in [0.25, 0.3) is 5.69 Å². The molecule has 8 N–H and O–H groups in total. The van der Waals surface area contributed by atoms with E-state index < -0.39 is 107 Å². The number of hydrogen-bond donors (Lipinski definition) is 7. The molecule has 4 aliphatic heterocycles. The Morgan fingerprint density at radius 3 is 2.32 bits per heavy atom. The molecule has 2 aromatic rings. The molecule has 0 saturated carbocycles. The van der Waals surface area contributed by atoms with Gasteiger partial charge in [0.05, 0.1) is 66.0 Å². The fraction of sp³-hybridized carbons (Fsp3) is 0.745. The smallest absolute Gasteiger partial charge is 0.414 e. The van der Waals surface area contributed by atoms with E-state index in [2.05, 4.69) is 15.6 Å². The molecule has 0 radical (unpaired) electrons. The predicted molar refractivity (Wildman–Crippen MR) is 282 cm³/mol. The third kappa shape index (κ3) is 14.0. The van der Waals surface area contributed by atoms with Crippen LogP contribution in [0.3, 0.4) is 0 Å². The van der Waals surface area contributed by atoms with Crippen molar-refractivity contribution in [2.24, 2.45) is 29.5 Å². The number of nitrogens with one attached hydrogen (secondary N) is 2. The van der Waals surface area contributed by atoms with E-state index in [4.69, 9.17) is 34.3 Å². The van der Waals surface area contributed by atoms with E-state index >= 15 is 4.39 Å². The fourth-order valence-electron chi connectivity index (χ4n) is 12.4. The second-order valence-corrected chi connectivity index (χ2v) is 23.0. The number of amides is 1. The third-order valence-corrected chi connectivity index (χ3v) is 16.9. The van der Waals surface area contributed by atoms with E-state index in [-0.39, 0.29) is 43.9 Å². The summed E-state index contributed by atoms with van der Waals surface area (Å²) in [5.41, 5.74) is -0.0531. The van der Waals surface area contributed by atoms with Crippen molar-refractivity contribution in [3.05, 3.63) is 60.4 Å². The number of esters is 1. The maximum atomic E-state index is 15.1. The van der Waals surface area contributed by atoms with Crippen LogP contribution in [-0.4, -0.2) is 178 Å². The highest BCUT2D eigenvalue weighted by atomic mass is 19.1. The maximum absolute atomic E-state index is 15.1. The van der Waals surface area contributed by atoms with Gasteiger partial charge in [0.25, 0.3) is 0 Å². The van der Waals surface area contributed by atoms with Crippen LogP contribution in [0.1, 0.15) is 108 Å². The van der Waals surface area contributed by atoms with Gasteiger partial charge in [0.15, 0.2) is 6.29 Å². The number of carbonyl (C=O) groups excluding carboxylic acids is 2. The van der Waals surface area contributed by atoms with Gasteiger partial charge < -0.3 is 74.0 Å². The molecule has 5 heterocycles. The van der Waals surface area contributed by atoms with Gasteiger partial charge in [-0.1, -0.05) is 27.7 Å². The molecule has 1 aromatic carbocycles. The lowest BCUT2D eigenvalue weighted by Gasteiger charge is -2.51. The lowest BCUT2D eigenvalue weighted by atomic mass is 9.68. The number of carbonyl (C=O) groups is 2. The van der Waals surface area contributed by atoms with E-state index in [9.17, 15) is 30.0 Å². The standard InChI is InChI=1S/C55H90FN7O12/c1-14-45-55(10,69)48(64)36(6)61(12)30-32(2)26-53(8,68)50(34(4)47(35(5)51(66)74-45)44-27-54(9,70-13)49(65)37(7)72-44)75-46-25-40(23-33(3)71-46)60(11)22-19-38(59-57)28-58-29-41-31-63(52(67)73-41)39-17-18-43(42(56)24-39)62-20-15-16-21-62/h15-18,20-21,24,28,32-37,40-41,44-50,58-59,64-65,68-69H,14,19,22-23,25-27,29-31,57H2,1-13H3/b38-28-/t32-,33-,34+,35-,36-,37+,40+,41+,44?,45-,46+,47+,48-,49+,50-,53-,54-,55-/m1/s1. The summed E-state index contributed by atoms with van der Waals surface area (Å²) in [6, 6.07) is 7.73. The SMILES string of the molecule is CC[C@H]1OC(=O)[C@H](C)[C@@H](C2C[C@@](C)(OC)[C@@H](O)[C@H](C)O2)[C@H](C)[C@@H](O[C@H]2C[C@@H](N(C)CC/C(=C/NC[C@H]3CN(c4ccc(-n5cccc5)c(F)c4)C(=O)O3)NN)C[C@@H](C)O2)[C@](C)(O)C[C@@H](C)CN(C)[C@H](C)[C@@H](O)[C@]1(C)O. The zero-order valence-electron chi connectivity index (χ0n) is 46.6. The highest BCUT2D eigenvalue weighted by molar-refractivity contribution is 5.89. The number of aliphatic hydroxyl groups excluding tert-OH is 2. The Morgan fingerprint density at radius 2 is 1.68 bits per heavy atom. The summed E-state index contributed by atoms with van der Waals surface area (Å²) in [5, 5.41) is 51.1. The first-order valence-corrected chi connectivity index (χ1v) is 27.0. The molecule has 0 spiro atoms. The fourth-order valence-corrected chi connectivity index (χ4v) is 12.4. The first kappa shape index (κ1) is 60.3. The Hall–Kier alpha value is -3.93. The Morgan fingerprint density at radius 1 is 0.987 bits per heavy atom. The summed E-state index contributed by atoms with van der Waals surface area (Å²) in [4.78, 5) is 33.1. The highest BCUT2D eigenvalue weighted by Gasteiger charge is 2.54. The number of benzene rings is 1. The summed E-state index contributed by atoms with van der Waals surface area (Å²) < 4.78 is 54.9. The number of aliphatic hydroxyl groups is 4. The number of hydrogen-bond acceptors (Lipinski definition) is 17. The number of nitrogens with zero attached hydrogens (tertiary/aromatic N) is 4. The molecule has 0 aliphatic carbocycles. The van der Waals surface area contributed by atoms with E-state index in [0.29, 0.717) is 56.0 Å². The second kappa shape index (κ2) is 25.2. The van der Waals surface area contributed by atoms with Crippen molar-refractivity contribution in [2.45, 2.75) is 192 Å². The van der Waals surface area contributed by atoms with Crippen molar-refractivity contribution in [2.75, 3.05) is 52.3 Å². The number of halogens is 1. The van der Waals surface area contributed by atoms with Crippen LogP contribution in [0.15, 0.2) is 54.6 Å². The molecule has 4 aliphatic rings. The predicted octanol–water partition coefficient (Wildman–Crippen LogP) is 4.81. The highest BCUT2D eigenvalue weighted by Crippen LogP contribution is 2.45. The molecule has 1 unspecified atom stereocenters. The summed E-state index contributed by atoms with van der Waals surface area (Å²) in [7, 11) is 5.45. The second-order valence-electron chi connectivity index (χ2n) is 23.0. The minimum absolute atomic E-state index is 0.00491. The van der Waals surface area contributed by atoms with Crippen molar-refractivity contribution in [3.63, 3.8) is 0 Å². The van der Waals surface area contributed by atoms with E-state index in [1.165, 1.54) is 17.9 Å². The van der Waals surface area contributed by atoms with Gasteiger partial charge in [-0.2, -0.15) is 0 Å². The summed E-state index contributed by atoms with van der Waals surface area (Å²) >= 11 is 0. The number of rotatable bonds is 15. The minimum Gasteiger partial charge on any atom is -0.459 e. The first-order chi connectivity index (χ1) is 35.2. The molecular formula is C55H90FN7O12. The molecule has 424 valence electrons. The first-order valence-electron chi connectivity index (χ1n) is 27.0. The number of likely N-dealkylation sites (N-methyl/N-ethyl adjacent to an activating group) is 1. The van der Waals surface area contributed by atoms with Crippen LogP contribution >= 0.6 is 0 Å². The van der Waals surface area contributed by atoms with Gasteiger partial charge in [0.1, 0.15) is 35.8 Å². The van der Waals surface area contributed by atoms with Gasteiger partial charge >= 0.3 is 12.1 Å². The van der Waals surface area contributed by atoms with E-state index in [1.807, 2.05) is 65.7 Å². The molecular weight excluding hydrogens is 970 g/mol. The number of aromatic nitrogens is 1. The molecule has 4 saturated heterocycles. The Kier molecular flexibility index (Phi) is 20.3. The van der Waals surface area contributed by atoms with Crippen LogP contribution in [0.4, 0.5) is 14.9 Å². The Balaban J connectivity index is 1.18. The van der Waals surface area contributed by atoms with Gasteiger partial charge in [0, 0.05) is 81.8 Å². The number of nitrogens with two attached hydrogens (primary N) is 1. The van der Waals surface area contributed by atoms with Gasteiger partial charge in [-0.25, -0.2) is 9.18 Å². The Bertz CT molecular complexity index is 2200. The van der Waals surface area contributed by atoms with Gasteiger partial charge in [-0.3, -0.25) is 15.5 Å². The number of ether oxygens (including phenoxy) is 6. The molecule has 75 heavy (non-hydrogen) atoms. The molecule has 1 amide bonds. The molecule has 0 bridgehead atoms. The van der Waals surface area contributed by atoms with Crippen molar-refractivity contribution in [1.29, 1.82) is 0 Å². The van der Waals surface area contributed by atoms with E-state index in [0.717, 1.165) is 0 Å². The normalized spacial score (nSPS) is 39.2. The number of hydrazine groups is 1. The van der Waals surface area contributed by atoms with Crippen molar-refractivity contribution < 1.29 is 62.8 Å². The lowest BCUT2D eigenvalue weighted by molar-refractivity contribution is -0.275. The summed E-state index contributed by atoms with van der Waals surface area (Å²) in [6.07, 6.45) is 0.0842. The summed E-state index contributed by atoms with van der Waals surface area (Å²) in [5.74, 6) is 2.66. The van der Waals surface area contributed by atoms with Crippen LogP contribution < -0.4 is 21.5 Å². The van der Waals surface area contributed by atoms with Crippen LogP contribution in [0.5, 0.6) is 0 Å². The molecule has 4 fully saturated rings. The molecule has 18 atom stereocenters. The topological polar surface area (TPSA) is 235 Å². The van der Waals surface area contributed by atoms with Gasteiger partial charge in [-0.05, 0) is 117 Å². The van der Waals surface area contributed by atoms with Gasteiger partial charge in [0.2, 0.25) is 0 Å². The summed E-state index contributed by atoms with van der Waals surface area (Å²) in [6.45, 7) is 19.8. The lowest BCUT2D eigenvalue weighted by Crippen LogP contribution is -2.61. The average molecular weight is 1060 g/mol. The largest absolute Gasteiger partial charge is 0.459 e. The van der Waals surface area contributed by atoms with Crippen molar-refractivity contribution in [1.82, 2.24) is 25.1 Å². The molecule has 6 rings (SSSR count). The number of cyclic esters (lactones) is 2. The maximum Gasteiger partial charge on any atom is 0.414 e. The third-order valence-electron chi connectivity index (χ3n) is 16.9. The van der Waals surface area contributed by atoms with Gasteiger partial charge in [-0.15, -0.1) is 0 Å². The van der Waals surface area contributed by atoms with Crippen LogP contribution in [0, 0.1) is 29.5 Å². The monoisotopic (exact) mass is 1060 g/mol. The van der Waals surface area contributed by atoms with Crippen molar-refractivity contribution >= 4 is 17.7 Å². The molecule has 1 aromatic heterocycles. The average Bonchev–Trinajstić information content (AvgIpc) is 4.03. The van der Waals surface area contributed by atoms with Crippen LogP contribution in [-0.2, 0) is 33.2 Å². The quantitative estimate of drug-likeness (QED) is 0.0720. The number of anilines is 1. The van der Waals surface area contributed by atoms with Crippen LogP contribution in [0.2, 0.25) is 0 Å². The van der Waals surface area contributed by atoms with Crippen molar-refractivity contribution in [3.8, 4) is 5.69 Å².